The van der Waals surface area contributed by atoms with Crippen LogP contribution in [0.5, 0.6) is 0 Å². The third-order valence-electron chi connectivity index (χ3n) is 2.01. The van der Waals surface area contributed by atoms with Crippen molar-refractivity contribution in [1.82, 2.24) is 9.78 Å². The molecule has 0 aromatic carbocycles. The summed E-state index contributed by atoms with van der Waals surface area (Å²) in [5, 5.41) is 12.4. The number of hydrogen-bond donors (Lipinski definition) is 1. The molecule has 0 aliphatic rings. The molecule has 16 heavy (non-hydrogen) atoms. The summed E-state index contributed by atoms with van der Waals surface area (Å²) in [7, 11) is 0. The van der Waals surface area contributed by atoms with E-state index in [4.69, 9.17) is 0 Å². The number of halogens is 3. The molecule has 0 fully saturated rings. The highest BCUT2D eigenvalue weighted by molar-refractivity contribution is 5.04. The van der Waals surface area contributed by atoms with Crippen LogP contribution < -0.4 is 5.56 Å². The summed E-state index contributed by atoms with van der Waals surface area (Å²) in [6, 6.07) is 1.41. The molecule has 1 N–H and O–H groups in total. The van der Waals surface area contributed by atoms with Crippen LogP contribution in [0.1, 0.15) is 19.0 Å². The molecule has 1 aromatic heterocycles. The number of rotatable bonds is 3. The molecule has 0 saturated carbocycles. The van der Waals surface area contributed by atoms with Crippen LogP contribution in [0, 0.1) is 0 Å². The van der Waals surface area contributed by atoms with Gasteiger partial charge < -0.3 is 5.11 Å². The van der Waals surface area contributed by atoms with Gasteiger partial charge in [-0.25, -0.2) is 4.68 Å². The van der Waals surface area contributed by atoms with Gasteiger partial charge in [-0.2, -0.15) is 18.3 Å². The smallest absolute Gasteiger partial charge is 0.391 e. The third kappa shape index (κ3) is 3.06. The maximum Gasteiger partial charge on any atom is 0.435 e. The minimum Gasteiger partial charge on any atom is -0.391 e. The number of nitrogens with zero attached hydrogens (tertiary/aromatic N) is 2. The molecule has 0 bridgehead atoms. The van der Waals surface area contributed by atoms with E-state index in [0.717, 1.165) is 6.07 Å². The van der Waals surface area contributed by atoms with E-state index >= 15 is 0 Å². The Morgan fingerprint density at radius 2 is 2.12 bits per heavy atom. The summed E-state index contributed by atoms with van der Waals surface area (Å²) in [6.45, 7) is 1.42. The van der Waals surface area contributed by atoms with Crippen LogP contribution in [0.2, 0.25) is 0 Å². The lowest BCUT2D eigenvalue weighted by atomic mass is 10.3. The molecule has 1 heterocycles. The van der Waals surface area contributed by atoms with Crippen molar-refractivity contribution in [3.05, 3.63) is 28.2 Å². The summed E-state index contributed by atoms with van der Waals surface area (Å²) < 4.78 is 37.5. The molecule has 1 aromatic rings. The maximum atomic E-state index is 12.3. The van der Waals surface area contributed by atoms with Crippen molar-refractivity contribution in [2.45, 2.75) is 32.2 Å². The Hall–Kier alpha value is -1.37. The fourth-order valence-electron chi connectivity index (χ4n) is 1.06. The number of aromatic nitrogens is 2. The van der Waals surface area contributed by atoms with Crippen molar-refractivity contribution in [1.29, 1.82) is 0 Å². The molecule has 0 radical (unpaired) electrons. The average molecular weight is 236 g/mol. The van der Waals surface area contributed by atoms with Gasteiger partial charge in [-0.15, -0.1) is 0 Å². The molecule has 1 rings (SSSR count). The highest BCUT2D eigenvalue weighted by Crippen LogP contribution is 2.26. The molecule has 0 spiro atoms. The van der Waals surface area contributed by atoms with Crippen molar-refractivity contribution < 1.29 is 18.3 Å². The predicted molar refractivity (Wildman–Crippen MR) is 49.8 cm³/mol. The molecular formula is C9H11F3N2O2. The van der Waals surface area contributed by atoms with Gasteiger partial charge in [-0.1, -0.05) is 6.92 Å². The molecule has 4 nitrogen and oxygen atoms in total. The van der Waals surface area contributed by atoms with E-state index in [9.17, 15) is 23.1 Å². The van der Waals surface area contributed by atoms with Crippen molar-refractivity contribution in [3.63, 3.8) is 0 Å². The van der Waals surface area contributed by atoms with Gasteiger partial charge in [0.1, 0.15) is 0 Å². The Morgan fingerprint density at radius 1 is 1.50 bits per heavy atom. The van der Waals surface area contributed by atoms with Gasteiger partial charge >= 0.3 is 6.18 Å². The Morgan fingerprint density at radius 3 is 2.62 bits per heavy atom. The molecule has 7 heteroatoms. The number of aliphatic hydroxyl groups is 1. The molecular weight excluding hydrogens is 225 g/mol. The summed E-state index contributed by atoms with van der Waals surface area (Å²) in [6.07, 6.45) is -5.13. The Labute approximate surface area is 89.3 Å². The lowest BCUT2D eigenvalue weighted by molar-refractivity contribution is -0.142. The maximum absolute atomic E-state index is 12.3. The topological polar surface area (TPSA) is 55.1 Å². The zero-order chi connectivity index (χ0) is 12.3. The fourth-order valence-corrected chi connectivity index (χ4v) is 1.06. The van der Waals surface area contributed by atoms with Gasteiger partial charge in [-0.05, 0) is 12.5 Å². The van der Waals surface area contributed by atoms with Gasteiger partial charge in [0, 0.05) is 6.07 Å². The van der Waals surface area contributed by atoms with Crippen LogP contribution in [-0.2, 0) is 12.7 Å². The number of aliphatic hydroxyl groups excluding tert-OH is 1. The lowest BCUT2D eigenvalue weighted by Crippen LogP contribution is -2.30. The average Bonchev–Trinajstić information content (AvgIpc) is 2.19. The Kier molecular flexibility index (Phi) is 3.69. The summed E-state index contributed by atoms with van der Waals surface area (Å²) in [5.74, 6) is 0. The van der Waals surface area contributed by atoms with Crippen LogP contribution in [-0.4, -0.2) is 21.0 Å². The first-order valence-corrected chi connectivity index (χ1v) is 4.68. The lowest BCUT2D eigenvalue weighted by Gasteiger charge is -2.11. The first-order valence-electron chi connectivity index (χ1n) is 4.68. The highest BCUT2D eigenvalue weighted by atomic mass is 19.4. The van der Waals surface area contributed by atoms with E-state index in [1.807, 2.05) is 0 Å². The van der Waals surface area contributed by atoms with Crippen molar-refractivity contribution in [2.24, 2.45) is 0 Å². The summed E-state index contributed by atoms with van der Waals surface area (Å²) in [4.78, 5) is 11.2. The quantitative estimate of drug-likeness (QED) is 0.852. The molecule has 0 aliphatic heterocycles. The molecule has 1 atom stereocenters. The number of hydrogen-bond acceptors (Lipinski definition) is 3. The van der Waals surface area contributed by atoms with E-state index in [-0.39, 0.29) is 6.54 Å². The molecule has 0 unspecified atom stereocenters. The van der Waals surface area contributed by atoms with Crippen molar-refractivity contribution in [2.75, 3.05) is 0 Å². The number of alkyl halides is 3. The molecule has 0 saturated heterocycles. The van der Waals surface area contributed by atoms with Crippen LogP contribution in [0.25, 0.3) is 0 Å². The van der Waals surface area contributed by atoms with Crippen LogP contribution in [0.3, 0.4) is 0 Å². The normalized spacial score (nSPS) is 13.8. The Balaban J connectivity index is 3.05. The minimum absolute atomic E-state index is 0.237. The van der Waals surface area contributed by atoms with Crippen LogP contribution in [0.15, 0.2) is 16.9 Å². The molecule has 90 valence electrons. The summed E-state index contributed by atoms with van der Waals surface area (Å²) in [5.41, 5.74) is -1.81. The zero-order valence-corrected chi connectivity index (χ0v) is 8.53. The second-order valence-electron chi connectivity index (χ2n) is 3.30. The second-order valence-corrected chi connectivity index (χ2v) is 3.30. The van der Waals surface area contributed by atoms with E-state index in [1.54, 1.807) is 6.92 Å². The van der Waals surface area contributed by atoms with E-state index in [1.165, 1.54) is 0 Å². The van der Waals surface area contributed by atoms with Gasteiger partial charge in [0.2, 0.25) is 0 Å². The van der Waals surface area contributed by atoms with Crippen LogP contribution in [0.4, 0.5) is 13.2 Å². The van der Waals surface area contributed by atoms with E-state index < -0.39 is 23.5 Å². The minimum atomic E-state index is -4.59. The van der Waals surface area contributed by atoms with Crippen LogP contribution >= 0.6 is 0 Å². The first-order chi connectivity index (χ1) is 7.34. The second kappa shape index (κ2) is 4.65. The zero-order valence-electron chi connectivity index (χ0n) is 8.53. The Bertz CT molecular complexity index is 414. The van der Waals surface area contributed by atoms with Crippen molar-refractivity contribution in [3.8, 4) is 0 Å². The highest BCUT2D eigenvalue weighted by Gasteiger charge is 2.33. The van der Waals surface area contributed by atoms with Gasteiger partial charge in [0.15, 0.2) is 5.69 Å². The monoisotopic (exact) mass is 236 g/mol. The first kappa shape index (κ1) is 12.7. The fraction of sp³-hybridized carbons (Fsp3) is 0.556. The van der Waals surface area contributed by atoms with E-state index in [0.29, 0.717) is 17.2 Å². The van der Waals surface area contributed by atoms with E-state index in [2.05, 4.69) is 5.10 Å². The molecule has 0 aliphatic carbocycles. The van der Waals surface area contributed by atoms with Crippen molar-refractivity contribution >= 4 is 0 Å². The standard InChI is InChI=1S/C9H11F3N2O2/c1-2-6(15)5-14-8(16)4-3-7(13-14)9(10,11)12/h3-4,6,15H,2,5H2,1H3/t6-/m1/s1. The van der Waals surface area contributed by atoms with Gasteiger partial charge in [0.05, 0.1) is 12.6 Å². The largest absolute Gasteiger partial charge is 0.435 e. The third-order valence-corrected chi connectivity index (χ3v) is 2.01. The summed E-state index contributed by atoms with van der Waals surface area (Å²) >= 11 is 0. The predicted octanol–water partition coefficient (Wildman–Crippen LogP) is 1.03. The SMILES string of the molecule is CC[C@@H](O)Cn1nc(C(F)(F)F)ccc1=O. The van der Waals surface area contributed by atoms with Gasteiger partial charge in [0.25, 0.3) is 5.56 Å². The molecule has 0 amide bonds. The van der Waals surface area contributed by atoms with Gasteiger partial charge in [-0.3, -0.25) is 4.79 Å².